The van der Waals surface area contributed by atoms with Crippen molar-refractivity contribution in [3.05, 3.63) is 0 Å². The number of hydrogen-bond acceptors (Lipinski definition) is 2. The monoisotopic (exact) mass is 143 g/mol. The normalized spacial score (nSPS) is 31.8. The Hall–Kier alpha value is -0.0800. The van der Waals surface area contributed by atoms with Crippen molar-refractivity contribution in [2.75, 3.05) is 7.05 Å². The Morgan fingerprint density at radius 1 is 1.00 bits per heavy atom. The van der Waals surface area contributed by atoms with Gasteiger partial charge in [0, 0.05) is 10.8 Å². The molecule has 0 aromatic rings. The summed E-state index contributed by atoms with van der Waals surface area (Å²) in [4.78, 5) is 0. The third kappa shape index (κ3) is 0.487. The minimum atomic E-state index is -0.667. The first kappa shape index (κ1) is 8.02. The maximum Gasteiger partial charge on any atom is 0.127 e. The van der Waals surface area contributed by atoms with Crippen LogP contribution in [0, 0.1) is 10.8 Å². The Kier molecular flexibility index (Phi) is 1.25. The van der Waals surface area contributed by atoms with Gasteiger partial charge >= 0.3 is 0 Å². The molecule has 0 aromatic carbocycles. The fraction of sp³-hybridized carbons (Fsp3) is 1.00. The van der Waals surface area contributed by atoms with E-state index < -0.39 is 5.72 Å². The van der Waals surface area contributed by atoms with E-state index in [1.54, 1.807) is 7.05 Å². The van der Waals surface area contributed by atoms with Crippen molar-refractivity contribution in [2.45, 2.75) is 33.4 Å². The number of aliphatic hydroxyl groups is 1. The van der Waals surface area contributed by atoms with Crippen molar-refractivity contribution in [3.8, 4) is 0 Å². The zero-order valence-electron chi connectivity index (χ0n) is 7.45. The van der Waals surface area contributed by atoms with Crippen LogP contribution in [0.15, 0.2) is 0 Å². The molecule has 1 aliphatic carbocycles. The van der Waals surface area contributed by atoms with E-state index >= 15 is 0 Å². The number of nitrogens with one attached hydrogen (secondary N) is 1. The summed E-state index contributed by atoms with van der Waals surface area (Å²) < 4.78 is 0. The second-order valence-corrected chi connectivity index (χ2v) is 4.21. The van der Waals surface area contributed by atoms with Gasteiger partial charge in [-0.3, -0.25) is 5.32 Å². The van der Waals surface area contributed by atoms with Gasteiger partial charge in [-0.15, -0.1) is 0 Å². The van der Waals surface area contributed by atoms with E-state index in [9.17, 15) is 5.11 Å². The van der Waals surface area contributed by atoms with Gasteiger partial charge in [-0.25, -0.2) is 0 Å². The molecule has 0 heterocycles. The third-order valence-corrected chi connectivity index (χ3v) is 3.67. The largest absolute Gasteiger partial charge is 0.375 e. The van der Waals surface area contributed by atoms with Crippen molar-refractivity contribution < 1.29 is 5.11 Å². The Morgan fingerprint density at radius 3 is 1.30 bits per heavy atom. The molecular formula is C8H17NO. The molecule has 60 valence electrons. The molecule has 0 amide bonds. The van der Waals surface area contributed by atoms with Gasteiger partial charge in [0.1, 0.15) is 5.72 Å². The molecule has 1 saturated carbocycles. The maximum atomic E-state index is 9.88. The standard InChI is InChI=1S/C8H17NO/c1-6(2)7(3,4)8(6,10)9-5/h9-10H,1-5H3. The van der Waals surface area contributed by atoms with E-state index in [2.05, 4.69) is 33.0 Å². The van der Waals surface area contributed by atoms with Crippen molar-refractivity contribution in [1.82, 2.24) is 5.32 Å². The lowest BCUT2D eigenvalue weighted by atomic mass is 10.0. The summed E-state index contributed by atoms with van der Waals surface area (Å²) in [7, 11) is 1.80. The summed E-state index contributed by atoms with van der Waals surface area (Å²) in [6, 6.07) is 0. The first-order chi connectivity index (χ1) is 4.31. The molecule has 2 heteroatoms. The molecule has 0 atom stereocenters. The molecule has 2 N–H and O–H groups in total. The Balaban J connectivity index is 2.90. The summed E-state index contributed by atoms with van der Waals surface area (Å²) in [5, 5.41) is 12.8. The van der Waals surface area contributed by atoms with Gasteiger partial charge in [-0.05, 0) is 7.05 Å². The Labute approximate surface area is 62.6 Å². The van der Waals surface area contributed by atoms with Crippen LogP contribution in [-0.2, 0) is 0 Å². The van der Waals surface area contributed by atoms with E-state index in [1.807, 2.05) is 0 Å². The Bertz CT molecular complexity index is 147. The van der Waals surface area contributed by atoms with E-state index in [0.717, 1.165) is 0 Å². The van der Waals surface area contributed by atoms with Gasteiger partial charge in [0.05, 0.1) is 0 Å². The average molecular weight is 143 g/mol. The molecule has 0 saturated heterocycles. The van der Waals surface area contributed by atoms with Crippen LogP contribution in [0.1, 0.15) is 27.7 Å². The zero-order chi connectivity index (χ0) is 8.21. The predicted octanol–water partition coefficient (Wildman–Crippen LogP) is 0.960. The fourth-order valence-electron chi connectivity index (χ4n) is 1.91. The summed E-state index contributed by atoms with van der Waals surface area (Å²) >= 11 is 0. The molecule has 1 aliphatic rings. The van der Waals surface area contributed by atoms with Crippen LogP contribution in [-0.4, -0.2) is 17.9 Å². The highest BCUT2D eigenvalue weighted by Gasteiger charge is 2.76. The fourth-order valence-corrected chi connectivity index (χ4v) is 1.91. The first-order valence-corrected chi connectivity index (χ1v) is 3.72. The van der Waals surface area contributed by atoms with Gasteiger partial charge in [0.15, 0.2) is 0 Å². The van der Waals surface area contributed by atoms with Gasteiger partial charge in [0.2, 0.25) is 0 Å². The van der Waals surface area contributed by atoms with Crippen LogP contribution in [0.4, 0.5) is 0 Å². The first-order valence-electron chi connectivity index (χ1n) is 3.72. The SMILES string of the molecule is CNC1(O)C(C)(C)C1(C)C. The van der Waals surface area contributed by atoms with Crippen LogP contribution in [0.2, 0.25) is 0 Å². The van der Waals surface area contributed by atoms with Crippen LogP contribution in [0.3, 0.4) is 0 Å². The van der Waals surface area contributed by atoms with Gasteiger partial charge < -0.3 is 5.11 Å². The van der Waals surface area contributed by atoms with Gasteiger partial charge in [-0.2, -0.15) is 0 Å². The van der Waals surface area contributed by atoms with Crippen LogP contribution >= 0.6 is 0 Å². The van der Waals surface area contributed by atoms with Crippen LogP contribution in [0.25, 0.3) is 0 Å². The summed E-state index contributed by atoms with van der Waals surface area (Å²) in [6.07, 6.45) is 0. The van der Waals surface area contributed by atoms with Crippen LogP contribution in [0.5, 0.6) is 0 Å². The minimum Gasteiger partial charge on any atom is -0.375 e. The molecule has 0 unspecified atom stereocenters. The lowest BCUT2D eigenvalue weighted by Crippen LogP contribution is -2.34. The highest BCUT2D eigenvalue weighted by atomic mass is 16.3. The van der Waals surface area contributed by atoms with E-state index in [-0.39, 0.29) is 10.8 Å². The number of rotatable bonds is 1. The minimum absolute atomic E-state index is 0.00521. The molecule has 0 aliphatic heterocycles. The van der Waals surface area contributed by atoms with Crippen LogP contribution < -0.4 is 5.32 Å². The molecule has 1 fully saturated rings. The molecule has 0 radical (unpaired) electrons. The van der Waals surface area contributed by atoms with Crippen molar-refractivity contribution in [1.29, 1.82) is 0 Å². The molecular weight excluding hydrogens is 126 g/mol. The van der Waals surface area contributed by atoms with E-state index in [0.29, 0.717) is 0 Å². The number of hydrogen-bond donors (Lipinski definition) is 2. The van der Waals surface area contributed by atoms with Crippen molar-refractivity contribution in [2.24, 2.45) is 10.8 Å². The molecule has 10 heavy (non-hydrogen) atoms. The smallest absolute Gasteiger partial charge is 0.127 e. The lowest BCUT2D eigenvalue weighted by molar-refractivity contribution is 0.0622. The summed E-state index contributed by atoms with van der Waals surface area (Å²) in [5.74, 6) is 0. The van der Waals surface area contributed by atoms with E-state index in [1.165, 1.54) is 0 Å². The quantitative estimate of drug-likeness (QED) is 0.536. The highest BCUT2D eigenvalue weighted by Crippen LogP contribution is 2.69. The lowest BCUT2D eigenvalue weighted by Gasteiger charge is -2.11. The topological polar surface area (TPSA) is 32.3 Å². The van der Waals surface area contributed by atoms with E-state index in [4.69, 9.17) is 0 Å². The van der Waals surface area contributed by atoms with Crippen molar-refractivity contribution >= 4 is 0 Å². The summed E-state index contributed by atoms with van der Waals surface area (Å²) in [5.41, 5.74) is -0.677. The predicted molar refractivity (Wildman–Crippen MR) is 41.6 cm³/mol. The summed E-state index contributed by atoms with van der Waals surface area (Å²) in [6.45, 7) is 8.29. The highest BCUT2D eigenvalue weighted by molar-refractivity contribution is 5.23. The van der Waals surface area contributed by atoms with Crippen molar-refractivity contribution in [3.63, 3.8) is 0 Å². The average Bonchev–Trinajstić information content (AvgIpc) is 2.11. The van der Waals surface area contributed by atoms with Gasteiger partial charge in [0.25, 0.3) is 0 Å². The second kappa shape index (κ2) is 1.56. The molecule has 2 nitrogen and oxygen atoms in total. The molecule has 0 spiro atoms. The molecule has 0 bridgehead atoms. The Morgan fingerprint density at radius 2 is 1.30 bits per heavy atom. The maximum absolute atomic E-state index is 9.88. The molecule has 0 aromatic heterocycles. The second-order valence-electron chi connectivity index (χ2n) is 4.21. The third-order valence-electron chi connectivity index (χ3n) is 3.67. The molecule has 1 rings (SSSR count). The zero-order valence-corrected chi connectivity index (χ0v) is 7.45. The van der Waals surface area contributed by atoms with Gasteiger partial charge in [-0.1, -0.05) is 27.7 Å².